The van der Waals surface area contributed by atoms with Crippen LogP contribution in [0.4, 0.5) is 0 Å². The average molecular weight is 130 g/mol. The van der Waals surface area contributed by atoms with Gasteiger partial charge in [-0.25, -0.2) is 0 Å². The second-order valence-electron chi connectivity index (χ2n) is 2.51. The van der Waals surface area contributed by atoms with Gasteiger partial charge in [0.2, 0.25) is 0 Å². The normalized spacial score (nSPS) is 36.7. The standard InChI is InChI=1S/C6H14N2O/c7-4-6-3-5(8)1-2-9-6/h5-6H,1-4,7-8H2/t5-,6-/m0/s1. The van der Waals surface area contributed by atoms with E-state index in [0.29, 0.717) is 12.6 Å². The van der Waals surface area contributed by atoms with Gasteiger partial charge in [0.05, 0.1) is 6.10 Å². The first kappa shape index (κ1) is 6.99. The Bertz CT molecular complexity index is 87.1. The summed E-state index contributed by atoms with van der Waals surface area (Å²) < 4.78 is 5.29. The van der Waals surface area contributed by atoms with Crippen molar-refractivity contribution in [3.8, 4) is 0 Å². The Hall–Kier alpha value is -0.120. The number of hydrogen-bond acceptors (Lipinski definition) is 3. The number of ether oxygens (including phenoxy) is 1. The summed E-state index contributed by atoms with van der Waals surface area (Å²) in [6.45, 7) is 1.39. The molecule has 2 atom stereocenters. The van der Waals surface area contributed by atoms with E-state index in [1.807, 2.05) is 0 Å². The smallest absolute Gasteiger partial charge is 0.0712 e. The minimum atomic E-state index is 0.216. The molecule has 1 fully saturated rings. The van der Waals surface area contributed by atoms with Gasteiger partial charge < -0.3 is 16.2 Å². The van der Waals surface area contributed by atoms with Crippen LogP contribution in [0.15, 0.2) is 0 Å². The van der Waals surface area contributed by atoms with E-state index in [1.165, 1.54) is 0 Å². The lowest BCUT2D eigenvalue weighted by atomic mass is 10.0. The molecule has 0 spiro atoms. The van der Waals surface area contributed by atoms with Gasteiger partial charge in [-0.3, -0.25) is 0 Å². The average Bonchev–Trinajstić information content (AvgIpc) is 1.88. The fraction of sp³-hybridized carbons (Fsp3) is 1.00. The molecule has 0 aliphatic carbocycles. The Balaban J connectivity index is 2.23. The first-order valence-electron chi connectivity index (χ1n) is 3.40. The van der Waals surface area contributed by atoms with Crippen LogP contribution in [0.5, 0.6) is 0 Å². The lowest BCUT2D eigenvalue weighted by molar-refractivity contribution is 0.0139. The van der Waals surface area contributed by atoms with Gasteiger partial charge in [-0.2, -0.15) is 0 Å². The summed E-state index contributed by atoms with van der Waals surface area (Å²) in [6.07, 6.45) is 2.13. The fourth-order valence-corrected chi connectivity index (χ4v) is 1.07. The van der Waals surface area contributed by atoms with Gasteiger partial charge in [0.1, 0.15) is 0 Å². The quantitative estimate of drug-likeness (QED) is 0.500. The van der Waals surface area contributed by atoms with Crippen LogP contribution >= 0.6 is 0 Å². The third-order valence-electron chi connectivity index (χ3n) is 1.67. The minimum absolute atomic E-state index is 0.216. The van der Waals surface area contributed by atoms with Gasteiger partial charge in [-0.05, 0) is 12.8 Å². The number of hydrogen-bond donors (Lipinski definition) is 2. The summed E-state index contributed by atoms with van der Waals surface area (Å²) >= 11 is 0. The van der Waals surface area contributed by atoms with Gasteiger partial charge in [-0.15, -0.1) is 0 Å². The topological polar surface area (TPSA) is 61.3 Å². The largest absolute Gasteiger partial charge is 0.377 e. The highest BCUT2D eigenvalue weighted by atomic mass is 16.5. The molecule has 4 N–H and O–H groups in total. The summed E-state index contributed by atoms with van der Waals surface area (Å²) in [5.74, 6) is 0. The molecule has 0 aromatic heterocycles. The zero-order valence-electron chi connectivity index (χ0n) is 5.55. The zero-order chi connectivity index (χ0) is 6.69. The van der Waals surface area contributed by atoms with E-state index in [1.54, 1.807) is 0 Å². The molecule has 0 amide bonds. The summed E-state index contributed by atoms with van der Waals surface area (Å²) in [7, 11) is 0. The monoisotopic (exact) mass is 130 g/mol. The molecule has 0 saturated carbocycles. The Morgan fingerprint density at radius 2 is 2.33 bits per heavy atom. The Kier molecular flexibility index (Phi) is 2.45. The van der Waals surface area contributed by atoms with E-state index >= 15 is 0 Å². The highest BCUT2D eigenvalue weighted by molar-refractivity contribution is 4.73. The molecule has 9 heavy (non-hydrogen) atoms. The van der Waals surface area contributed by atoms with Crippen LogP contribution < -0.4 is 11.5 Å². The maximum atomic E-state index is 5.67. The highest BCUT2D eigenvalue weighted by Crippen LogP contribution is 2.09. The van der Waals surface area contributed by atoms with Gasteiger partial charge in [0, 0.05) is 19.2 Å². The van der Waals surface area contributed by atoms with Crippen molar-refractivity contribution >= 4 is 0 Å². The van der Waals surface area contributed by atoms with E-state index in [0.717, 1.165) is 19.4 Å². The lowest BCUT2D eigenvalue weighted by Crippen LogP contribution is -2.38. The number of rotatable bonds is 1. The lowest BCUT2D eigenvalue weighted by Gasteiger charge is -2.25. The van der Waals surface area contributed by atoms with Crippen molar-refractivity contribution in [2.45, 2.75) is 25.0 Å². The first-order valence-corrected chi connectivity index (χ1v) is 3.40. The fourth-order valence-electron chi connectivity index (χ4n) is 1.07. The van der Waals surface area contributed by atoms with Crippen molar-refractivity contribution in [1.29, 1.82) is 0 Å². The Morgan fingerprint density at radius 1 is 1.56 bits per heavy atom. The van der Waals surface area contributed by atoms with Crippen molar-refractivity contribution in [3.63, 3.8) is 0 Å². The van der Waals surface area contributed by atoms with Crippen LogP contribution in [-0.4, -0.2) is 25.3 Å². The Labute approximate surface area is 55.4 Å². The molecule has 0 radical (unpaired) electrons. The van der Waals surface area contributed by atoms with Gasteiger partial charge in [-0.1, -0.05) is 0 Å². The van der Waals surface area contributed by atoms with Gasteiger partial charge >= 0.3 is 0 Å². The minimum Gasteiger partial charge on any atom is -0.377 e. The van der Waals surface area contributed by atoms with Crippen molar-refractivity contribution < 1.29 is 4.74 Å². The zero-order valence-corrected chi connectivity index (χ0v) is 5.55. The molecular weight excluding hydrogens is 116 g/mol. The van der Waals surface area contributed by atoms with E-state index in [9.17, 15) is 0 Å². The first-order chi connectivity index (χ1) is 4.33. The molecule has 1 rings (SSSR count). The van der Waals surface area contributed by atoms with Crippen LogP contribution in [0.2, 0.25) is 0 Å². The molecule has 1 aliphatic rings. The SMILES string of the molecule is NC[C@@H]1C[C@@H](N)CCO1. The van der Waals surface area contributed by atoms with Crippen molar-refractivity contribution in [1.82, 2.24) is 0 Å². The summed E-state index contributed by atoms with van der Waals surface area (Å²) in [5.41, 5.74) is 11.1. The van der Waals surface area contributed by atoms with Crippen LogP contribution in [0.1, 0.15) is 12.8 Å². The third-order valence-corrected chi connectivity index (χ3v) is 1.67. The molecule has 3 nitrogen and oxygen atoms in total. The third kappa shape index (κ3) is 1.93. The van der Waals surface area contributed by atoms with Crippen LogP contribution in [-0.2, 0) is 4.74 Å². The molecule has 0 bridgehead atoms. The van der Waals surface area contributed by atoms with Gasteiger partial charge in [0.15, 0.2) is 0 Å². The maximum absolute atomic E-state index is 5.67. The van der Waals surface area contributed by atoms with E-state index in [-0.39, 0.29) is 6.10 Å². The predicted octanol–water partition coefficient (Wildman–Crippen LogP) is -0.549. The van der Waals surface area contributed by atoms with E-state index in [2.05, 4.69) is 0 Å². The molecule has 3 heteroatoms. The Morgan fingerprint density at radius 3 is 2.78 bits per heavy atom. The molecular formula is C6H14N2O. The molecule has 1 saturated heterocycles. The summed E-state index contributed by atoms with van der Waals surface area (Å²) in [4.78, 5) is 0. The van der Waals surface area contributed by atoms with Gasteiger partial charge in [0.25, 0.3) is 0 Å². The highest BCUT2D eigenvalue weighted by Gasteiger charge is 2.17. The van der Waals surface area contributed by atoms with Crippen LogP contribution in [0, 0.1) is 0 Å². The van der Waals surface area contributed by atoms with E-state index in [4.69, 9.17) is 16.2 Å². The number of nitrogens with two attached hydrogens (primary N) is 2. The van der Waals surface area contributed by atoms with Crippen molar-refractivity contribution in [3.05, 3.63) is 0 Å². The predicted molar refractivity (Wildman–Crippen MR) is 36.0 cm³/mol. The molecule has 0 unspecified atom stereocenters. The second kappa shape index (κ2) is 3.15. The van der Waals surface area contributed by atoms with Crippen LogP contribution in [0.25, 0.3) is 0 Å². The molecule has 1 heterocycles. The molecule has 1 aliphatic heterocycles. The van der Waals surface area contributed by atoms with Crippen LogP contribution in [0.3, 0.4) is 0 Å². The molecule has 0 aromatic carbocycles. The summed E-state index contributed by atoms with van der Waals surface area (Å²) in [5, 5.41) is 0. The van der Waals surface area contributed by atoms with E-state index < -0.39 is 0 Å². The maximum Gasteiger partial charge on any atom is 0.0712 e. The van der Waals surface area contributed by atoms with Crippen molar-refractivity contribution in [2.24, 2.45) is 11.5 Å². The molecule has 0 aromatic rings. The summed E-state index contributed by atoms with van der Waals surface area (Å²) in [6, 6.07) is 0.312. The second-order valence-corrected chi connectivity index (χ2v) is 2.51. The molecule has 54 valence electrons. The van der Waals surface area contributed by atoms with Crippen molar-refractivity contribution in [2.75, 3.05) is 13.2 Å².